The number of anilines is 1. The Hall–Kier alpha value is -1.14. The van der Waals surface area contributed by atoms with Crippen LogP contribution in [0.1, 0.15) is 19.4 Å². The molecule has 1 heterocycles. The monoisotopic (exact) mass is 246 g/mol. The molecule has 1 aromatic carbocycles. The Morgan fingerprint density at radius 2 is 2.29 bits per heavy atom. The van der Waals surface area contributed by atoms with Gasteiger partial charge in [0.25, 0.3) is 0 Å². The second-order valence-corrected chi connectivity index (χ2v) is 5.93. The molecule has 0 saturated carbocycles. The third kappa shape index (κ3) is 2.95. The van der Waals surface area contributed by atoms with E-state index >= 15 is 0 Å². The van der Waals surface area contributed by atoms with Gasteiger partial charge in [0, 0.05) is 22.9 Å². The van der Waals surface area contributed by atoms with E-state index in [1.807, 2.05) is 11.8 Å². The normalized spacial score (nSPS) is 15.9. The first kappa shape index (κ1) is 12.3. The van der Waals surface area contributed by atoms with Crippen molar-refractivity contribution in [1.82, 2.24) is 0 Å². The average molecular weight is 246 g/mol. The fourth-order valence-electron chi connectivity index (χ4n) is 2.00. The summed E-state index contributed by atoms with van der Waals surface area (Å²) in [5.41, 5.74) is 2.50. The van der Waals surface area contributed by atoms with Gasteiger partial charge in [-0.25, -0.2) is 0 Å². The van der Waals surface area contributed by atoms with Crippen LogP contribution in [0, 0.1) is 23.2 Å². The van der Waals surface area contributed by atoms with E-state index in [2.05, 4.69) is 43.4 Å². The lowest BCUT2D eigenvalue weighted by molar-refractivity contribution is 0.474. The van der Waals surface area contributed by atoms with Gasteiger partial charge in [0.05, 0.1) is 12.0 Å². The molecular weight excluding hydrogens is 228 g/mol. The molecule has 0 aromatic heterocycles. The Labute approximate surface area is 107 Å². The minimum absolute atomic E-state index is 0.115. The predicted octanol–water partition coefficient (Wildman–Crippen LogP) is 3.54. The predicted molar refractivity (Wildman–Crippen MR) is 73.3 cm³/mol. The molecule has 0 spiro atoms. The van der Waals surface area contributed by atoms with Gasteiger partial charge in [0.15, 0.2) is 0 Å². The molecule has 1 N–H and O–H groups in total. The number of rotatable bonds is 3. The van der Waals surface area contributed by atoms with Crippen molar-refractivity contribution >= 4 is 17.4 Å². The van der Waals surface area contributed by atoms with Crippen molar-refractivity contribution in [1.29, 1.82) is 5.26 Å². The Morgan fingerprint density at radius 3 is 3.00 bits per heavy atom. The van der Waals surface area contributed by atoms with Crippen LogP contribution in [0.4, 0.5) is 5.69 Å². The number of thioether (sulfide) groups is 1. The standard InChI is InChI=1S/C14H18N2S/c1-10(2)12(9-15)7-11-3-4-14-13(8-11)16-5-6-17-14/h3-4,8,10,12,16H,5-7H2,1-2H3. The van der Waals surface area contributed by atoms with Gasteiger partial charge in [-0.3, -0.25) is 0 Å². The first-order chi connectivity index (χ1) is 8.20. The third-order valence-electron chi connectivity index (χ3n) is 3.15. The van der Waals surface area contributed by atoms with E-state index in [-0.39, 0.29) is 5.92 Å². The lowest BCUT2D eigenvalue weighted by atomic mass is 9.90. The third-order valence-corrected chi connectivity index (χ3v) is 4.22. The summed E-state index contributed by atoms with van der Waals surface area (Å²) in [7, 11) is 0. The van der Waals surface area contributed by atoms with Gasteiger partial charge in [0.1, 0.15) is 0 Å². The Morgan fingerprint density at radius 1 is 1.47 bits per heavy atom. The summed E-state index contributed by atoms with van der Waals surface area (Å²) in [6.45, 7) is 5.26. The molecule has 2 nitrogen and oxygen atoms in total. The molecule has 0 amide bonds. The number of nitrogens with zero attached hydrogens (tertiary/aromatic N) is 1. The Kier molecular flexibility index (Phi) is 3.96. The SMILES string of the molecule is CC(C)C(C#N)Cc1ccc2c(c1)NCCS2. The van der Waals surface area contributed by atoms with Crippen LogP contribution >= 0.6 is 11.8 Å². The lowest BCUT2D eigenvalue weighted by Crippen LogP contribution is -2.12. The largest absolute Gasteiger partial charge is 0.383 e. The van der Waals surface area contributed by atoms with Crippen LogP contribution in [0.2, 0.25) is 0 Å². The van der Waals surface area contributed by atoms with E-state index < -0.39 is 0 Å². The highest BCUT2D eigenvalue weighted by Gasteiger charge is 2.15. The molecule has 1 unspecified atom stereocenters. The van der Waals surface area contributed by atoms with Gasteiger partial charge in [-0.2, -0.15) is 5.26 Å². The second kappa shape index (κ2) is 5.46. The molecule has 0 bridgehead atoms. The molecule has 3 heteroatoms. The Bertz CT molecular complexity index is 434. The summed E-state index contributed by atoms with van der Waals surface area (Å²) < 4.78 is 0. The average Bonchev–Trinajstić information content (AvgIpc) is 2.35. The van der Waals surface area contributed by atoms with Gasteiger partial charge >= 0.3 is 0 Å². The summed E-state index contributed by atoms with van der Waals surface area (Å²) in [5.74, 6) is 1.67. The van der Waals surface area contributed by atoms with E-state index in [0.29, 0.717) is 5.92 Å². The van der Waals surface area contributed by atoms with Gasteiger partial charge in [-0.1, -0.05) is 19.9 Å². The van der Waals surface area contributed by atoms with E-state index in [1.54, 1.807) is 0 Å². The molecule has 90 valence electrons. The Balaban J connectivity index is 2.14. The molecule has 1 aliphatic heterocycles. The first-order valence-corrected chi connectivity index (χ1v) is 7.08. The molecule has 0 aliphatic carbocycles. The molecule has 0 fully saturated rings. The number of hydrogen-bond donors (Lipinski definition) is 1. The first-order valence-electron chi connectivity index (χ1n) is 6.10. The molecule has 0 radical (unpaired) electrons. The lowest BCUT2D eigenvalue weighted by Gasteiger charge is -2.19. The van der Waals surface area contributed by atoms with Crippen molar-refractivity contribution in [2.24, 2.45) is 11.8 Å². The zero-order valence-corrected chi connectivity index (χ0v) is 11.2. The molecule has 2 rings (SSSR count). The minimum Gasteiger partial charge on any atom is -0.383 e. The van der Waals surface area contributed by atoms with E-state index in [9.17, 15) is 0 Å². The number of fused-ring (bicyclic) bond motifs is 1. The zero-order chi connectivity index (χ0) is 12.3. The topological polar surface area (TPSA) is 35.8 Å². The summed E-state index contributed by atoms with van der Waals surface area (Å²) in [6.07, 6.45) is 0.855. The van der Waals surface area contributed by atoms with Crippen LogP contribution in [-0.2, 0) is 6.42 Å². The zero-order valence-electron chi connectivity index (χ0n) is 10.4. The van der Waals surface area contributed by atoms with Gasteiger partial charge in [-0.05, 0) is 30.0 Å². The fraction of sp³-hybridized carbons (Fsp3) is 0.500. The van der Waals surface area contributed by atoms with Crippen molar-refractivity contribution in [3.63, 3.8) is 0 Å². The highest BCUT2D eigenvalue weighted by atomic mass is 32.2. The molecule has 0 saturated heterocycles. The second-order valence-electron chi connectivity index (χ2n) is 4.79. The van der Waals surface area contributed by atoms with Crippen LogP contribution in [0.5, 0.6) is 0 Å². The van der Waals surface area contributed by atoms with E-state index in [1.165, 1.54) is 16.1 Å². The summed E-state index contributed by atoms with van der Waals surface area (Å²) in [6, 6.07) is 8.94. The molecule has 1 aromatic rings. The molecule has 17 heavy (non-hydrogen) atoms. The van der Waals surface area contributed by atoms with Gasteiger partial charge < -0.3 is 5.32 Å². The number of hydrogen-bond acceptors (Lipinski definition) is 3. The quantitative estimate of drug-likeness (QED) is 0.886. The van der Waals surface area contributed by atoms with Crippen molar-refractivity contribution in [3.05, 3.63) is 23.8 Å². The smallest absolute Gasteiger partial charge is 0.0661 e. The van der Waals surface area contributed by atoms with Crippen LogP contribution < -0.4 is 5.32 Å². The van der Waals surface area contributed by atoms with Gasteiger partial charge in [-0.15, -0.1) is 11.8 Å². The maximum atomic E-state index is 9.13. The number of nitrogens with one attached hydrogen (secondary N) is 1. The molecular formula is C14H18N2S. The van der Waals surface area contributed by atoms with Crippen LogP contribution in [0.3, 0.4) is 0 Å². The summed E-state index contributed by atoms with van der Waals surface area (Å²) in [5, 5.41) is 12.5. The summed E-state index contributed by atoms with van der Waals surface area (Å²) >= 11 is 1.90. The highest BCUT2D eigenvalue weighted by Crippen LogP contribution is 2.32. The fourth-order valence-corrected chi connectivity index (χ4v) is 2.87. The molecule has 1 aliphatic rings. The molecule has 1 atom stereocenters. The van der Waals surface area contributed by atoms with E-state index in [4.69, 9.17) is 5.26 Å². The van der Waals surface area contributed by atoms with Crippen molar-refractivity contribution < 1.29 is 0 Å². The highest BCUT2D eigenvalue weighted by molar-refractivity contribution is 7.99. The van der Waals surface area contributed by atoms with E-state index in [0.717, 1.165) is 18.7 Å². The number of nitriles is 1. The van der Waals surface area contributed by atoms with Crippen molar-refractivity contribution in [3.8, 4) is 6.07 Å². The minimum atomic E-state index is 0.115. The maximum absolute atomic E-state index is 9.13. The number of benzene rings is 1. The van der Waals surface area contributed by atoms with Crippen molar-refractivity contribution in [2.45, 2.75) is 25.2 Å². The van der Waals surface area contributed by atoms with Crippen LogP contribution in [0.25, 0.3) is 0 Å². The maximum Gasteiger partial charge on any atom is 0.0661 e. The van der Waals surface area contributed by atoms with Gasteiger partial charge in [0.2, 0.25) is 0 Å². The summed E-state index contributed by atoms with van der Waals surface area (Å²) in [4.78, 5) is 1.33. The van der Waals surface area contributed by atoms with Crippen LogP contribution in [0.15, 0.2) is 23.1 Å². The van der Waals surface area contributed by atoms with Crippen molar-refractivity contribution in [2.75, 3.05) is 17.6 Å². The van der Waals surface area contributed by atoms with Crippen LogP contribution in [-0.4, -0.2) is 12.3 Å².